The van der Waals surface area contributed by atoms with Crippen molar-refractivity contribution in [2.75, 3.05) is 37.4 Å². The van der Waals surface area contributed by atoms with Crippen LogP contribution in [-0.4, -0.2) is 48.4 Å². The second-order valence-corrected chi connectivity index (χ2v) is 7.06. The van der Waals surface area contributed by atoms with Gasteiger partial charge in [-0.25, -0.2) is 0 Å². The number of benzene rings is 2. The fourth-order valence-corrected chi connectivity index (χ4v) is 3.47. The third kappa shape index (κ3) is 5.32. The predicted octanol–water partition coefficient (Wildman–Crippen LogP) is 2.89. The van der Waals surface area contributed by atoms with Gasteiger partial charge >= 0.3 is 0 Å². The van der Waals surface area contributed by atoms with Gasteiger partial charge in [0.05, 0.1) is 24.3 Å². The molecule has 2 aromatic rings. The molecule has 2 N–H and O–H groups in total. The van der Waals surface area contributed by atoms with Gasteiger partial charge in [0.2, 0.25) is 11.8 Å². The van der Waals surface area contributed by atoms with Crippen molar-refractivity contribution in [1.82, 2.24) is 4.90 Å². The van der Waals surface area contributed by atoms with E-state index in [1.54, 1.807) is 31.4 Å². The van der Waals surface area contributed by atoms with Crippen LogP contribution in [0.25, 0.3) is 0 Å². The van der Waals surface area contributed by atoms with E-state index >= 15 is 0 Å². The number of nitro benzene ring substituents is 1. The van der Waals surface area contributed by atoms with Crippen LogP contribution in [0.1, 0.15) is 12.8 Å². The van der Waals surface area contributed by atoms with E-state index in [2.05, 4.69) is 10.6 Å². The molecule has 158 valence electrons. The number of carbonyl (C=O) groups is 2. The molecule has 0 atom stereocenters. The molecule has 1 aliphatic heterocycles. The van der Waals surface area contributed by atoms with Gasteiger partial charge in [0.25, 0.3) is 5.69 Å². The normalized spacial score (nSPS) is 14.7. The number of ether oxygens (including phenoxy) is 1. The van der Waals surface area contributed by atoms with Crippen LogP contribution in [0.3, 0.4) is 0 Å². The number of methoxy groups -OCH3 is 1. The smallest absolute Gasteiger partial charge is 0.292 e. The third-order valence-corrected chi connectivity index (χ3v) is 5.07. The average Bonchev–Trinajstić information content (AvgIpc) is 2.74. The Morgan fingerprint density at radius 3 is 2.37 bits per heavy atom. The maximum atomic E-state index is 12.6. The lowest BCUT2D eigenvalue weighted by molar-refractivity contribution is -0.383. The summed E-state index contributed by atoms with van der Waals surface area (Å²) >= 11 is 0. The number of likely N-dealkylation sites (tertiary alicyclic amines) is 1. The fourth-order valence-electron chi connectivity index (χ4n) is 3.47. The molecule has 0 saturated carbocycles. The van der Waals surface area contributed by atoms with Gasteiger partial charge in [-0.05, 0) is 44.1 Å². The fraction of sp³-hybridized carbons (Fsp3) is 0.333. The average molecular weight is 412 g/mol. The monoisotopic (exact) mass is 412 g/mol. The van der Waals surface area contributed by atoms with Gasteiger partial charge in [-0.1, -0.05) is 24.3 Å². The lowest BCUT2D eigenvalue weighted by atomic mass is 9.95. The quantitative estimate of drug-likeness (QED) is 0.534. The number of carbonyl (C=O) groups excluding carboxylic acids is 2. The highest BCUT2D eigenvalue weighted by Crippen LogP contribution is 2.26. The van der Waals surface area contributed by atoms with Gasteiger partial charge < -0.3 is 15.4 Å². The van der Waals surface area contributed by atoms with Crippen LogP contribution >= 0.6 is 0 Å². The van der Waals surface area contributed by atoms with E-state index < -0.39 is 4.92 Å². The van der Waals surface area contributed by atoms with E-state index in [0.29, 0.717) is 37.4 Å². The number of nitrogens with one attached hydrogen (secondary N) is 2. The van der Waals surface area contributed by atoms with Crippen LogP contribution in [0.2, 0.25) is 0 Å². The van der Waals surface area contributed by atoms with Crippen LogP contribution in [0.5, 0.6) is 5.75 Å². The number of hydrogen-bond donors (Lipinski definition) is 2. The molecule has 9 heteroatoms. The number of anilines is 2. The topological polar surface area (TPSA) is 114 Å². The Kier molecular flexibility index (Phi) is 6.97. The first-order valence-corrected chi connectivity index (χ1v) is 9.67. The highest BCUT2D eigenvalue weighted by atomic mass is 16.6. The molecule has 3 rings (SSSR count). The molecule has 1 heterocycles. The van der Waals surface area contributed by atoms with Crippen LogP contribution < -0.4 is 15.4 Å². The van der Waals surface area contributed by atoms with E-state index in [4.69, 9.17) is 4.74 Å². The van der Waals surface area contributed by atoms with Crippen LogP contribution in [0.15, 0.2) is 48.5 Å². The molecule has 0 radical (unpaired) electrons. The van der Waals surface area contributed by atoms with Crippen molar-refractivity contribution in [2.45, 2.75) is 12.8 Å². The number of piperidine rings is 1. The van der Waals surface area contributed by atoms with E-state index in [1.165, 1.54) is 12.1 Å². The summed E-state index contributed by atoms with van der Waals surface area (Å²) in [6, 6.07) is 13.3. The Bertz CT molecular complexity index is 925. The third-order valence-electron chi connectivity index (χ3n) is 5.07. The molecule has 0 aromatic heterocycles. The first-order valence-electron chi connectivity index (χ1n) is 9.67. The Morgan fingerprint density at radius 1 is 1.07 bits per heavy atom. The summed E-state index contributed by atoms with van der Waals surface area (Å²) in [5.74, 6) is 0.0733. The molecule has 1 aliphatic rings. The minimum absolute atomic E-state index is 0.0662. The highest BCUT2D eigenvalue weighted by molar-refractivity contribution is 5.95. The first-order chi connectivity index (χ1) is 14.5. The summed E-state index contributed by atoms with van der Waals surface area (Å²) in [5, 5.41) is 16.6. The summed E-state index contributed by atoms with van der Waals surface area (Å²) < 4.78 is 5.26. The Labute approximate surface area is 174 Å². The Hall–Kier alpha value is -3.46. The number of hydrogen-bond acceptors (Lipinski definition) is 6. The number of nitro groups is 1. The second-order valence-electron chi connectivity index (χ2n) is 7.06. The molecule has 0 spiro atoms. The molecule has 1 saturated heterocycles. The van der Waals surface area contributed by atoms with Gasteiger partial charge in [0.1, 0.15) is 11.4 Å². The molecular formula is C21H24N4O5. The number of rotatable bonds is 7. The van der Waals surface area contributed by atoms with Crippen molar-refractivity contribution < 1.29 is 19.2 Å². The maximum Gasteiger partial charge on any atom is 0.292 e. The summed E-state index contributed by atoms with van der Waals surface area (Å²) in [6.45, 7) is 1.30. The number of para-hydroxylation sites is 4. The van der Waals surface area contributed by atoms with Crippen molar-refractivity contribution in [3.8, 4) is 5.75 Å². The number of nitrogens with zero attached hydrogens (tertiary/aromatic N) is 2. The SMILES string of the molecule is COc1ccccc1NC(=O)C1CCN(CC(=O)Nc2ccccc2[N+](=O)[O-])CC1. The highest BCUT2D eigenvalue weighted by Gasteiger charge is 2.27. The zero-order valence-electron chi connectivity index (χ0n) is 16.7. The summed E-state index contributed by atoms with van der Waals surface area (Å²) in [5.41, 5.74) is 0.674. The van der Waals surface area contributed by atoms with E-state index in [1.807, 2.05) is 17.0 Å². The molecule has 9 nitrogen and oxygen atoms in total. The molecule has 1 fully saturated rings. The van der Waals surface area contributed by atoms with Crippen LogP contribution in [0.4, 0.5) is 17.1 Å². The Balaban J connectivity index is 1.49. The van der Waals surface area contributed by atoms with Gasteiger partial charge in [0.15, 0.2) is 0 Å². The lowest BCUT2D eigenvalue weighted by Gasteiger charge is -2.30. The van der Waals surface area contributed by atoms with Crippen LogP contribution in [-0.2, 0) is 9.59 Å². The zero-order chi connectivity index (χ0) is 21.5. The number of amides is 2. The van der Waals surface area contributed by atoms with Gasteiger partial charge in [0, 0.05) is 12.0 Å². The van der Waals surface area contributed by atoms with Gasteiger partial charge in [-0.2, -0.15) is 0 Å². The van der Waals surface area contributed by atoms with Crippen molar-refractivity contribution in [3.63, 3.8) is 0 Å². The molecule has 2 amide bonds. The van der Waals surface area contributed by atoms with Gasteiger partial charge in [-0.15, -0.1) is 0 Å². The Morgan fingerprint density at radius 2 is 1.70 bits per heavy atom. The molecule has 30 heavy (non-hydrogen) atoms. The summed E-state index contributed by atoms with van der Waals surface area (Å²) in [4.78, 5) is 37.4. The zero-order valence-corrected chi connectivity index (χ0v) is 16.7. The predicted molar refractivity (Wildman–Crippen MR) is 113 cm³/mol. The first kappa shape index (κ1) is 21.3. The maximum absolute atomic E-state index is 12.6. The molecule has 0 unspecified atom stereocenters. The van der Waals surface area contributed by atoms with E-state index in [9.17, 15) is 19.7 Å². The molecule has 2 aromatic carbocycles. The molecule has 0 bridgehead atoms. The van der Waals surface area contributed by atoms with Crippen molar-refractivity contribution in [1.29, 1.82) is 0 Å². The molecule has 0 aliphatic carbocycles. The second kappa shape index (κ2) is 9.84. The van der Waals surface area contributed by atoms with E-state index in [-0.39, 0.29) is 35.7 Å². The van der Waals surface area contributed by atoms with Gasteiger partial charge in [-0.3, -0.25) is 24.6 Å². The largest absolute Gasteiger partial charge is 0.495 e. The summed E-state index contributed by atoms with van der Waals surface area (Å²) in [6.07, 6.45) is 1.25. The van der Waals surface area contributed by atoms with Crippen molar-refractivity contribution >= 4 is 28.9 Å². The van der Waals surface area contributed by atoms with Crippen LogP contribution in [0, 0.1) is 16.0 Å². The standard InChI is InChI=1S/C21H24N4O5/c1-30-19-9-5-3-7-17(19)23-21(27)15-10-12-24(13-11-15)14-20(26)22-16-6-2-4-8-18(16)25(28)29/h2-9,15H,10-14H2,1H3,(H,22,26)(H,23,27). The minimum Gasteiger partial charge on any atom is -0.495 e. The lowest BCUT2D eigenvalue weighted by Crippen LogP contribution is -2.41. The van der Waals surface area contributed by atoms with Crippen molar-refractivity contribution in [2.24, 2.45) is 5.92 Å². The summed E-state index contributed by atoms with van der Waals surface area (Å²) in [7, 11) is 1.55. The van der Waals surface area contributed by atoms with Crippen molar-refractivity contribution in [3.05, 3.63) is 58.6 Å². The minimum atomic E-state index is -0.526. The van der Waals surface area contributed by atoms with E-state index in [0.717, 1.165) is 0 Å². The molecular weight excluding hydrogens is 388 g/mol.